The SMILES string of the molecule is COc1ccc(C(=O)NNC(=O)COc2ccccc2)cc1Br. The molecule has 0 atom stereocenters. The molecule has 2 aromatic carbocycles. The van der Waals surface area contributed by atoms with Gasteiger partial charge in [-0.3, -0.25) is 20.4 Å². The number of benzene rings is 2. The van der Waals surface area contributed by atoms with E-state index in [1.165, 1.54) is 7.11 Å². The third-order valence-corrected chi connectivity index (χ3v) is 3.46. The van der Waals surface area contributed by atoms with Gasteiger partial charge in [-0.2, -0.15) is 0 Å². The average molecular weight is 379 g/mol. The van der Waals surface area contributed by atoms with Crippen LogP contribution >= 0.6 is 15.9 Å². The Labute approximate surface area is 141 Å². The van der Waals surface area contributed by atoms with E-state index in [-0.39, 0.29) is 6.61 Å². The molecule has 0 heterocycles. The molecule has 0 aliphatic carbocycles. The summed E-state index contributed by atoms with van der Waals surface area (Å²) in [6, 6.07) is 13.8. The topological polar surface area (TPSA) is 76.7 Å². The summed E-state index contributed by atoms with van der Waals surface area (Å²) < 4.78 is 11.0. The molecule has 6 nitrogen and oxygen atoms in total. The highest BCUT2D eigenvalue weighted by atomic mass is 79.9. The smallest absolute Gasteiger partial charge is 0.276 e. The van der Waals surface area contributed by atoms with Crippen LogP contribution in [-0.2, 0) is 4.79 Å². The molecule has 0 aromatic heterocycles. The lowest BCUT2D eigenvalue weighted by molar-refractivity contribution is -0.123. The first-order chi connectivity index (χ1) is 11.1. The van der Waals surface area contributed by atoms with Crippen LogP contribution in [-0.4, -0.2) is 25.5 Å². The summed E-state index contributed by atoms with van der Waals surface area (Å²) in [5.74, 6) is 0.283. The largest absolute Gasteiger partial charge is 0.496 e. The van der Waals surface area contributed by atoms with Gasteiger partial charge >= 0.3 is 0 Å². The number of hydrogen-bond donors (Lipinski definition) is 2. The number of carbonyl (C=O) groups excluding carboxylic acids is 2. The zero-order valence-electron chi connectivity index (χ0n) is 12.3. The number of methoxy groups -OCH3 is 1. The second-order valence-electron chi connectivity index (χ2n) is 4.45. The van der Waals surface area contributed by atoms with Crippen LogP contribution in [0.3, 0.4) is 0 Å². The van der Waals surface area contributed by atoms with Crippen molar-refractivity contribution in [1.29, 1.82) is 0 Å². The second kappa shape index (κ2) is 8.19. The number of hydrazine groups is 1. The Balaban J connectivity index is 1.81. The van der Waals surface area contributed by atoms with Gasteiger partial charge in [0.05, 0.1) is 11.6 Å². The van der Waals surface area contributed by atoms with Gasteiger partial charge in [0.1, 0.15) is 11.5 Å². The summed E-state index contributed by atoms with van der Waals surface area (Å²) in [6.07, 6.45) is 0. The van der Waals surface area contributed by atoms with E-state index >= 15 is 0 Å². The molecule has 0 radical (unpaired) electrons. The van der Waals surface area contributed by atoms with Crippen LogP contribution in [0.5, 0.6) is 11.5 Å². The van der Waals surface area contributed by atoms with E-state index in [2.05, 4.69) is 26.8 Å². The third-order valence-electron chi connectivity index (χ3n) is 2.84. The van der Waals surface area contributed by atoms with Gasteiger partial charge in [-0.25, -0.2) is 0 Å². The number of para-hydroxylation sites is 1. The highest BCUT2D eigenvalue weighted by Gasteiger charge is 2.10. The minimum absolute atomic E-state index is 0.198. The van der Waals surface area contributed by atoms with Gasteiger partial charge in [-0.1, -0.05) is 18.2 Å². The second-order valence-corrected chi connectivity index (χ2v) is 5.31. The molecule has 7 heteroatoms. The normalized spacial score (nSPS) is 9.83. The summed E-state index contributed by atoms with van der Waals surface area (Å²) in [5, 5.41) is 0. The average Bonchev–Trinajstić information content (AvgIpc) is 2.58. The molecular formula is C16H15BrN2O4. The molecule has 0 spiro atoms. The van der Waals surface area contributed by atoms with Gasteiger partial charge in [-0.05, 0) is 46.3 Å². The van der Waals surface area contributed by atoms with Crippen molar-refractivity contribution >= 4 is 27.7 Å². The van der Waals surface area contributed by atoms with Crippen LogP contribution in [0.4, 0.5) is 0 Å². The fourth-order valence-electron chi connectivity index (χ4n) is 1.71. The third kappa shape index (κ3) is 5.00. The van der Waals surface area contributed by atoms with E-state index in [1.54, 1.807) is 42.5 Å². The van der Waals surface area contributed by atoms with Crippen LogP contribution in [0.1, 0.15) is 10.4 Å². The van der Waals surface area contributed by atoms with Crippen molar-refractivity contribution in [3.8, 4) is 11.5 Å². The van der Waals surface area contributed by atoms with Gasteiger partial charge in [0, 0.05) is 5.56 Å². The molecule has 2 aromatic rings. The zero-order chi connectivity index (χ0) is 16.7. The van der Waals surface area contributed by atoms with Gasteiger partial charge < -0.3 is 9.47 Å². The number of amides is 2. The predicted molar refractivity (Wildman–Crippen MR) is 88.2 cm³/mol. The van der Waals surface area contributed by atoms with Crippen molar-refractivity contribution in [3.05, 3.63) is 58.6 Å². The Bertz CT molecular complexity index is 692. The Morgan fingerprint density at radius 1 is 1.09 bits per heavy atom. The van der Waals surface area contributed by atoms with E-state index < -0.39 is 11.8 Å². The monoisotopic (exact) mass is 378 g/mol. The quantitative estimate of drug-likeness (QED) is 0.782. The first kappa shape index (κ1) is 16.8. The van der Waals surface area contributed by atoms with Crippen LogP contribution in [0.15, 0.2) is 53.0 Å². The van der Waals surface area contributed by atoms with Gasteiger partial charge in [-0.15, -0.1) is 0 Å². The number of halogens is 1. The predicted octanol–water partition coefficient (Wildman–Crippen LogP) is 2.30. The summed E-state index contributed by atoms with van der Waals surface area (Å²) in [4.78, 5) is 23.6. The highest BCUT2D eigenvalue weighted by Crippen LogP contribution is 2.25. The molecule has 0 saturated carbocycles. The minimum atomic E-state index is -0.463. The molecule has 0 aliphatic rings. The Morgan fingerprint density at radius 2 is 1.83 bits per heavy atom. The number of carbonyl (C=O) groups is 2. The van der Waals surface area contributed by atoms with E-state index in [0.717, 1.165) is 0 Å². The van der Waals surface area contributed by atoms with Gasteiger partial charge in [0.25, 0.3) is 11.8 Å². The molecule has 2 rings (SSSR count). The first-order valence-electron chi connectivity index (χ1n) is 6.70. The lowest BCUT2D eigenvalue weighted by Gasteiger charge is -2.10. The molecule has 0 fully saturated rings. The van der Waals surface area contributed by atoms with E-state index in [9.17, 15) is 9.59 Å². The first-order valence-corrected chi connectivity index (χ1v) is 7.50. The van der Waals surface area contributed by atoms with Crippen LogP contribution in [0.25, 0.3) is 0 Å². The number of nitrogens with one attached hydrogen (secondary N) is 2. The maximum Gasteiger partial charge on any atom is 0.276 e. The van der Waals surface area contributed by atoms with E-state index in [1.807, 2.05) is 6.07 Å². The Hall–Kier alpha value is -2.54. The zero-order valence-corrected chi connectivity index (χ0v) is 13.9. The van der Waals surface area contributed by atoms with Crippen LogP contribution in [0, 0.1) is 0 Å². The van der Waals surface area contributed by atoms with Gasteiger partial charge in [0.2, 0.25) is 0 Å². The Morgan fingerprint density at radius 3 is 2.48 bits per heavy atom. The number of hydrogen-bond acceptors (Lipinski definition) is 4. The summed E-state index contributed by atoms with van der Waals surface area (Å²) in [7, 11) is 1.53. The summed E-state index contributed by atoms with van der Waals surface area (Å²) >= 11 is 3.29. The Kier molecular flexibility index (Phi) is 5.99. The van der Waals surface area contributed by atoms with Crippen molar-refractivity contribution in [2.75, 3.05) is 13.7 Å². The fourth-order valence-corrected chi connectivity index (χ4v) is 2.25. The summed E-state index contributed by atoms with van der Waals surface area (Å²) in [6.45, 7) is -0.198. The molecule has 0 aliphatic heterocycles. The van der Waals surface area contributed by atoms with Crippen molar-refractivity contribution in [2.45, 2.75) is 0 Å². The number of ether oxygens (including phenoxy) is 2. The molecule has 0 unspecified atom stereocenters. The van der Waals surface area contributed by atoms with Crippen molar-refractivity contribution in [3.63, 3.8) is 0 Å². The van der Waals surface area contributed by atoms with Crippen molar-refractivity contribution in [2.24, 2.45) is 0 Å². The molecule has 120 valence electrons. The maximum atomic E-state index is 11.9. The lowest BCUT2D eigenvalue weighted by Crippen LogP contribution is -2.43. The summed E-state index contributed by atoms with van der Waals surface area (Å²) in [5.41, 5.74) is 4.99. The molecule has 2 N–H and O–H groups in total. The van der Waals surface area contributed by atoms with Gasteiger partial charge in [0.15, 0.2) is 6.61 Å². The van der Waals surface area contributed by atoms with Crippen molar-refractivity contribution < 1.29 is 19.1 Å². The molecule has 2 amide bonds. The van der Waals surface area contributed by atoms with E-state index in [4.69, 9.17) is 9.47 Å². The van der Waals surface area contributed by atoms with Crippen LogP contribution < -0.4 is 20.3 Å². The van der Waals surface area contributed by atoms with Crippen molar-refractivity contribution in [1.82, 2.24) is 10.9 Å². The fraction of sp³-hybridized carbons (Fsp3) is 0.125. The highest BCUT2D eigenvalue weighted by molar-refractivity contribution is 9.10. The molecule has 0 bridgehead atoms. The maximum absolute atomic E-state index is 11.9. The minimum Gasteiger partial charge on any atom is -0.496 e. The number of rotatable bonds is 5. The lowest BCUT2D eigenvalue weighted by atomic mass is 10.2. The van der Waals surface area contributed by atoms with E-state index in [0.29, 0.717) is 21.5 Å². The molecule has 23 heavy (non-hydrogen) atoms. The standard InChI is InChI=1S/C16H15BrN2O4/c1-22-14-8-7-11(9-13(14)17)16(21)19-18-15(20)10-23-12-5-3-2-4-6-12/h2-9H,10H2,1H3,(H,18,20)(H,19,21). The molecular weight excluding hydrogens is 364 g/mol. The molecule has 0 saturated heterocycles. The van der Waals surface area contributed by atoms with Crippen LogP contribution in [0.2, 0.25) is 0 Å².